The van der Waals surface area contributed by atoms with Crippen LogP contribution in [0.25, 0.3) is 21.7 Å². The minimum absolute atomic E-state index is 0.149. The molecule has 3 N–H and O–H groups in total. The Morgan fingerprint density at radius 2 is 2.32 bits per heavy atom. The number of rotatable bonds is 2. The van der Waals surface area contributed by atoms with Crippen LogP contribution in [0.3, 0.4) is 0 Å². The van der Waals surface area contributed by atoms with Crippen LogP contribution in [0, 0.1) is 0 Å². The van der Waals surface area contributed by atoms with Gasteiger partial charge in [-0.2, -0.15) is 10.2 Å². The van der Waals surface area contributed by atoms with E-state index in [4.69, 9.17) is 9.84 Å². The summed E-state index contributed by atoms with van der Waals surface area (Å²) in [6.45, 7) is -0.149. The fourth-order valence-corrected chi connectivity index (χ4v) is 2.94. The maximum atomic E-state index is 11.9. The van der Waals surface area contributed by atoms with E-state index in [0.29, 0.717) is 17.3 Å². The van der Waals surface area contributed by atoms with Crippen LogP contribution in [0.4, 0.5) is 0 Å². The minimum Gasteiger partial charge on any atom is -0.394 e. The largest absolute Gasteiger partial charge is 0.394 e. The molecule has 22 heavy (non-hydrogen) atoms. The monoisotopic (exact) mass is 302 g/mol. The molecule has 0 bridgehead atoms. The number of hydrogen-bond acceptors (Lipinski definition) is 6. The highest BCUT2D eigenvalue weighted by Crippen LogP contribution is 2.30. The summed E-state index contributed by atoms with van der Waals surface area (Å²) < 4.78 is 7.13. The smallest absolute Gasteiger partial charge is 0.272 e. The second kappa shape index (κ2) is 4.87. The number of H-pyrrole nitrogens is 1. The summed E-state index contributed by atoms with van der Waals surface area (Å²) in [6, 6.07) is 3.53. The lowest BCUT2D eigenvalue weighted by Gasteiger charge is -2.17. The molecule has 8 heteroatoms. The first-order valence-electron chi connectivity index (χ1n) is 6.97. The summed E-state index contributed by atoms with van der Waals surface area (Å²) >= 11 is 0. The molecule has 0 unspecified atom stereocenters. The summed E-state index contributed by atoms with van der Waals surface area (Å²) in [5, 5.41) is 32.0. The normalized spacial score (nSPS) is 25.3. The summed E-state index contributed by atoms with van der Waals surface area (Å²) in [5.41, 5.74) is 0.251. The van der Waals surface area contributed by atoms with Gasteiger partial charge in [0.15, 0.2) is 6.23 Å². The predicted octanol–water partition coefficient (Wildman–Crippen LogP) is -0.0865. The zero-order valence-corrected chi connectivity index (χ0v) is 11.5. The molecule has 1 aliphatic heterocycles. The molecular weight excluding hydrogens is 288 g/mol. The number of aliphatic hydroxyl groups is 2. The third-order valence-corrected chi connectivity index (χ3v) is 3.97. The van der Waals surface area contributed by atoms with Crippen LogP contribution in [0.15, 0.2) is 29.3 Å². The van der Waals surface area contributed by atoms with Crippen molar-refractivity contribution in [3.8, 4) is 0 Å². The Morgan fingerprint density at radius 1 is 1.45 bits per heavy atom. The standard InChI is InChI=1S/C14H14N4O4/c19-6-8-3-11(20)14(22-8)18-5-7-1-2-9-12(7)10(17-18)4-15-16-13(9)21/h1-2,4-5,8,11,14,19-20H,3,6H2,(H,16,21)/t8-,11+,14+/m0/s1. The zero-order valence-electron chi connectivity index (χ0n) is 11.5. The van der Waals surface area contributed by atoms with Crippen molar-refractivity contribution in [3.05, 3.63) is 34.9 Å². The van der Waals surface area contributed by atoms with Gasteiger partial charge in [-0.25, -0.2) is 9.78 Å². The van der Waals surface area contributed by atoms with Gasteiger partial charge in [-0.1, -0.05) is 6.07 Å². The van der Waals surface area contributed by atoms with E-state index in [1.54, 1.807) is 12.3 Å². The minimum atomic E-state index is -0.754. The van der Waals surface area contributed by atoms with Crippen LogP contribution < -0.4 is 5.56 Å². The Hall–Kier alpha value is -2.29. The van der Waals surface area contributed by atoms with Crippen molar-refractivity contribution in [2.75, 3.05) is 6.61 Å². The molecule has 1 fully saturated rings. The molecule has 0 amide bonds. The highest BCUT2D eigenvalue weighted by molar-refractivity contribution is 6.08. The molecule has 3 aromatic rings. The Labute approximate surface area is 123 Å². The van der Waals surface area contributed by atoms with Crippen molar-refractivity contribution >= 4 is 21.7 Å². The predicted molar refractivity (Wildman–Crippen MR) is 77.3 cm³/mol. The van der Waals surface area contributed by atoms with E-state index in [0.717, 1.165) is 10.8 Å². The quantitative estimate of drug-likeness (QED) is 0.610. The second-order valence-corrected chi connectivity index (χ2v) is 5.41. The van der Waals surface area contributed by atoms with Crippen molar-refractivity contribution in [2.45, 2.75) is 24.9 Å². The lowest BCUT2D eigenvalue weighted by Crippen LogP contribution is -2.21. The van der Waals surface area contributed by atoms with Gasteiger partial charge in [0.25, 0.3) is 5.56 Å². The van der Waals surface area contributed by atoms with Crippen molar-refractivity contribution in [2.24, 2.45) is 0 Å². The first kappa shape index (κ1) is 13.4. The number of nitrogens with zero attached hydrogens (tertiary/aromatic N) is 3. The Balaban J connectivity index is 1.91. The number of nitrogens with one attached hydrogen (secondary N) is 1. The van der Waals surface area contributed by atoms with Crippen molar-refractivity contribution in [1.82, 2.24) is 20.0 Å². The summed E-state index contributed by atoms with van der Waals surface area (Å²) in [7, 11) is 0. The molecule has 0 saturated carbocycles. The van der Waals surface area contributed by atoms with E-state index in [9.17, 15) is 9.90 Å². The Morgan fingerprint density at radius 3 is 3.09 bits per heavy atom. The van der Waals surface area contributed by atoms with E-state index in [1.807, 2.05) is 6.07 Å². The van der Waals surface area contributed by atoms with Crippen LogP contribution in [-0.2, 0) is 4.74 Å². The Kier molecular flexibility index (Phi) is 2.96. The SMILES string of the molecule is O=c1[nH]ncc2nn([C@@H]3O[C@H](CO)C[C@H]3O)cc3ccc1c32. The van der Waals surface area contributed by atoms with Crippen LogP contribution in [0.2, 0.25) is 0 Å². The van der Waals surface area contributed by atoms with Gasteiger partial charge in [0, 0.05) is 23.4 Å². The van der Waals surface area contributed by atoms with Gasteiger partial charge < -0.3 is 14.9 Å². The summed E-state index contributed by atoms with van der Waals surface area (Å²) in [6.07, 6.45) is 1.72. The van der Waals surface area contributed by atoms with Gasteiger partial charge in [0.2, 0.25) is 0 Å². The van der Waals surface area contributed by atoms with Gasteiger partial charge in [-0.15, -0.1) is 0 Å². The van der Waals surface area contributed by atoms with Crippen LogP contribution in [0.5, 0.6) is 0 Å². The second-order valence-electron chi connectivity index (χ2n) is 5.41. The molecule has 0 radical (unpaired) electrons. The van der Waals surface area contributed by atoms with E-state index >= 15 is 0 Å². The molecule has 4 rings (SSSR count). The topological polar surface area (TPSA) is 113 Å². The lowest BCUT2D eigenvalue weighted by atomic mass is 10.2. The fraction of sp³-hybridized carbons (Fsp3) is 0.357. The molecule has 114 valence electrons. The highest BCUT2D eigenvalue weighted by atomic mass is 16.5. The zero-order chi connectivity index (χ0) is 15.3. The third-order valence-electron chi connectivity index (χ3n) is 3.97. The molecule has 2 aromatic heterocycles. The number of aliphatic hydroxyl groups excluding tert-OH is 2. The first-order valence-corrected chi connectivity index (χ1v) is 6.97. The molecule has 0 aliphatic carbocycles. The van der Waals surface area contributed by atoms with Gasteiger partial charge in [-0.3, -0.25) is 4.79 Å². The Bertz CT molecular complexity index is 903. The maximum Gasteiger partial charge on any atom is 0.272 e. The molecule has 1 saturated heterocycles. The molecule has 3 heterocycles. The number of ether oxygens (including phenoxy) is 1. The van der Waals surface area contributed by atoms with Crippen LogP contribution >= 0.6 is 0 Å². The number of aromatic amines is 1. The summed E-state index contributed by atoms with van der Waals surface area (Å²) in [5.74, 6) is 0. The molecule has 1 aromatic carbocycles. The van der Waals surface area contributed by atoms with Gasteiger partial charge in [0.05, 0.1) is 24.3 Å². The van der Waals surface area contributed by atoms with E-state index in [-0.39, 0.29) is 12.2 Å². The first-order chi connectivity index (χ1) is 10.7. The van der Waals surface area contributed by atoms with Gasteiger partial charge >= 0.3 is 0 Å². The lowest BCUT2D eigenvalue weighted by molar-refractivity contribution is -0.0571. The van der Waals surface area contributed by atoms with E-state index in [1.165, 1.54) is 10.9 Å². The number of hydrogen-bond donors (Lipinski definition) is 3. The van der Waals surface area contributed by atoms with Crippen LogP contribution in [0.1, 0.15) is 12.6 Å². The molecule has 1 aliphatic rings. The van der Waals surface area contributed by atoms with Gasteiger partial charge in [0.1, 0.15) is 11.6 Å². The van der Waals surface area contributed by atoms with E-state index in [2.05, 4.69) is 15.3 Å². The highest BCUT2D eigenvalue weighted by Gasteiger charge is 2.35. The van der Waals surface area contributed by atoms with Crippen molar-refractivity contribution < 1.29 is 14.9 Å². The fourth-order valence-electron chi connectivity index (χ4n) is 2.94. The third kappa shape index (κ3) is 1.92. The molecule has 0 spiro atoms. The molecule has 8 nitrogen and oxygen atoms in total. The van der Waals surface area contributed by atoms with Crippen LogP contribution in [-0.4, -0.2) is 49.0 Å². The van der Waals surface area contributed by atoms with E-state index < -0.39 is 18.4 Å². The number of aromatic nitrogens is 4. The molecular formula is C14H14N4O4. The van der Waals surface area contributed by atoms with Gasteiger partial charge in [-0.05, 0) is 6.07 Å². The average molecular weight is 302 g/mol. The summed E-state index contributed by atoms with van der Waals surface area (Å²) in [4.78, 5) is 11.9. The maximum absolute atomic E-state index is 11.9. The van der Waals surface area contributed by atoms with Crippen molar-refractivity contribution in [3.63, 3.8) is 0 Å². The average Bonchev–Trinajstić information content (AvgIpc) is 3.05. The molecule has 3 atom stereocenters. The van der Waals surface area contributed by atoms with Crippen molar-refractivity contribution in [1.29, 1.82) is 0 Å².